The second kappa shape index (κ2) is 5.89. The summed E-state index contributed by atoms with van der Waals surface area (Å²) in [6.07, 6.45) is 1.69. The van der Waals surface area contributed by atoms with E-state index in [1.807, 2.05) is 0 Å². The van der Waals surface area contributed by atoms with Crippen LogP contribution in [-0.2, 0) is 11.5 Å². The molecule has 3 nitrogen and oxygen atoms in total. The monoisotopic (exact) mass is 293 g/mol. The summed E-state index contributed by atoms with van der Waals surface area (Å²) in [6.45, 7) is 7.71. The number of halogens is 1. The van der Waals surface area contributed by atoms with Gasteiger partial charge in [-0.25, -0.2) is 4.39 Å². The van der Waals surface area contributed by atoms with Gasteiger partial charge in [-0.3, -0.25) is 9.36 Å². The fraction of sp³-hybridized carbons (Fsp3) is 0.400. The van der Waals surface area contributed by atoms with E-state index in [0.717, 1.165) is 11.4 Å². The zero-order valence-electron chi connectivity index (χ0n) is 12.1. The van der Waals surface area contributed by atoms with Gasteiger partial charge in [-0.2, -0.15) is 0 Å². The van der Waals surface area contributed by atoms with Crippen molar-refractivity contribution in [3.05, 3.63) is 46.6 Å². The van der Waals surface area contributed by atoms with Crippen LogP contribution in [0.25, 0.3) is 10.8 Å². The maximum Gasteiger partial charge on any atom is 0.260 e. The highest BCUT2D eigenvalue weighted by Gasteiger charge is 2.12. The molecule has 0 bridgehead atoms. The Balaban J connectivity index is 2.11. The summed E-state index contributed by atoms with van der Waals surface area (Å²) in [7, 11) is -1.12. The first-order chi connectivity index (χ1) is 9.37. The van der Waals surface area contributed by atoms with E-state index in [2.05, 4.69) is 19.6 Å². The lowest BCUT2D eigenvalue weighted by atomic mass is 10.2. The smallest absolute Gasteiger partial charge is 0.260 e. The third kappa shape index (κ3) is 3.77. The molecular weight excluding hydrogens is 273 g/mol. The molecule has 0 unspecified atom stereocenters. The van der Waals surface area contributed by atoms with E-state index in [4.69, 9.17) is 4.74 Å². The van der Waals surface area contributed by atoms with Gasteiger partial charge < -0.3 is 4.74 Å². The van der Waals surface area contributed by atoms with Crippen LogP contribution in [0.5, 0.6) is 0 Å². The van der Waals surface area contributed by atoms with E-state index < -0.39 is 13.9 Å². The minimum Gasteiger partial charge on any atom is -0.361 e. The molecule has 20 heavy (non-hydrogen) atoms. The summed E-state index contributed by atoms with van der Waals surface area (Å²) in [5.74, 6) is -0.396. The van der Waals surface area contributed by atoms with Gasteiger partial charge in [-0.1, -0.05) is 25.7 Å². The normalized spacial score (nSPS) is 12.0. The highest BCUT2D eigenvalue weighted by atomic mass is 28.3. The Morgan fingerprint density at radius 2 is 2.00 bits per heavy atom. The molecule has 0 amide bonds. The number of pyridine rings is 1. The topological polar surface area (TPSA) is 31.2 Å². The molecule has 0 atom stereocenters. The quantitative estimate of drug-likeness (QED) is 0.624. The van der Waals surface area contributed by atoms with Crippen molar-refractivity contribution in [1.82, 2.24) is 4.57 Å². The summed E-state index contributed by atoms with van der Waals surface area (Å²) < 4.78 is 20.2. The van der Waals surface area contributed by atoms with Crippen molar-refractivity contribution in [1.29, 1.82) is 0 Å². The number of benzene rings is 1. The molecule has 2 rings (SSSR count). The van der Waals surface area contributed by atoms with Crippen LogP contribution in [0.3, 0.4) is 0 Å². The van der Waals surface area contributed by atoms with E-state index in [1.165, 1.54) is 16.7 Å². The van der Waals surface area contributed by atoms with Crippen LogP contribution in [0.15, 0.2) is 35.3 Å². The molecule has 0 N–H and O–H groups in total. The lowest BCUT2D eigenvalue weighted by molar-refractivity contribution is 0.0851. The van der Waals surface area contributed by atoms with Gasteiger partial charge in [0.2, 0.25) is 0 Å². The van der Waals surface area contributed by atoms with Gasteiger partial charge in [0.25, 0.3) is 5.56 Å². The number of hydrogen-bond donors (Lipinski definition) is 0. The first kappa shape index (κ1) is 14.9. The summed E-state index contributed by atoms with van der Waals surface area (Å²) in [5, 5.41) is 1.14. The highest BCUT2D eigenvalue weighted by molar-refractivity contribution is 6.76. The van der Waals surface area contributed by atoms with Crippen LogP contribution < -0.4 is 5.56 Å². The molecule has 0 aliphatic carbocycles. The van der Waals surface area contributed by atoms with E-state index in [0.29, 0.717) is 12.0 Å². The molecule has 0 saturated carbocycles. The van der Waals surface area contributed by atoms with Crippen molar-refractivity contribution in [2.24, 2.45) is 0 Å². The molecule has 2 aromatic rings. The second-order valence-corrected chi connectivity index (χ2v) is 11.8. The third-order valence-corrected chi connectivity index (χ3v) is 4.87. The number of rotatable bonds is 5. The van der Waals surface area contributed by atoms with Gasteiger partial charge >= 0.3 is 0 Å². The fourth-order valence-corrected chi connectivity index (χ4v) is 2.65. The molecule has 1 aromatic heterocycles. The van der Waals surface area contributed by atoms with Crippen LogP contribution in [-0.4, -0.2) is 19.2 Å². The van der Waals surface area contributed by atoms with E-state index in [1.54, 1.807) is 18.3 Å². The molecule has 5 heteroatoms. The Hall–Kier alpha value is -1.46. The molecule has 0 aliphatic heterocycles. The number of hydrogen-bond acceptors (Lipinski definition) is 2. The first-order valence-electron chi connectivity index (χ1n) is 6.73. The third-order valence-electron chi connectivity index (χ3n) is 3.17. The largest absolute Gasteiger partial charge is 0.361 e. The van der Waals surface area contributed by atoms with Gasteiger partial charge in [0.1, 0.15) is 12.5 Å². The Labute approximate surface area is 119 Å². The zero-order valence-corrected chi connectivity index (χ0v) is 13.1. The molecule has 1 aromatic carbocycles. The average molecular weight is 293 g/mol. The van der Waals surface area contributed by atoms with Crippen LogP contribution in [0.1, 0.15) is 0 Å². The lowest BCUT2D eigenvalue weighted by Gasteiger charge is -2.15. The van der Waals surface area contributed by atoms with E-state index in [-0.39, 0.29) is 12.3 Å². The molecule has 108 valence electrons. The maximum atomic E-state index is 13.2. The lowest BCUT2D eigenvalue weighted by Crippen LogP contribution is -2.24. The molecule has 1 heterocycles. The fourth-order valence-electron chi connectivity index (χ4n) is 1.89. The maximum absolute atomic E-state index is 13.2. The first-order valence-corrected chi connectivity index (χ1v) is 10.4. The van der Waals surface area contributed by atoms with Crippen LogP contribution in [0.2, 0.25) is 25.7 Å². The minimum absolute atomic E-state index is 0.213. The average Bonchev–Trinajstić information content (AvgIpc) is 2.36. The van der Waals surface area contributed by atoms with Crippen LogP contribution >= 0.6 is 0 Å². The van der Waals surface area contributed by atoms with Crippen molar-refractivity contribution in [2.75, 3.05) is 6.61 Å². The Bertz CT molecular complexity index is 661. The van der Waals surface area contributed by atoms with Gasteiger partial charge in [0.05, 0.1) is 5.39 Å². The summed E-state index contributed by atoms with van der Waals surface area (Å²) in [5.41, 5.74) is -0.213. The van der Waals surface area contributed by atoms with Gasteiger partial charge in [-0.15, -0.1) is 0 Å². The van der Waals surface area contributed by atoms with Crippen molar-refractivity contribution < 1.29 is 9.13 Å². The predicted octanol–water partition coefficient (Wildman–Crippen LogP) is 3.45. The van der Waals surface area contributed by atoms with Gasteiger partial charge in [-0.05, 0) is 29.6 Å². The number of fused-ring (bicyclic) bond motifs is 1. The summed E-state index contributed by atoms with van der Waals surface area (Å²) in [4.78, 5) is 12.2. The molecule has 0 spiro atoms. The van der Waals surface area contributed by atoms with Gasteiger partial charge in [0, 0.05) is 20.9 Å². The molecule has 0 radical (unpaired) electrons. The highest BCUT2D eigenvalue weighted by Crippen LogP contribution is 2.11. The second-order valence-electron chi connectivity index (χ2n) is 6.17. The zero-order chi connectivity index (χ0) is 14.8. The molecule has 0 saturated heterocycles. The Morgan fingerprint density at radius 1 is 1.25 bits per heavy atom. The van der Waals surface area contributed by atoms with Crippen molar-refractivity contribution >= 4 is 18.8 Å². The van der Waals surface area contributed by atoms with Crippen molar-refractivity contribution in [2.45, 2.75) is 32.4 Å². The Morgan fingerprint density at radius 3 is 2.70 bits per heavy atom. The van der Waals surface area contributed by atoms with Crippen LogP contribution in [0.4, 0.5) is 4.39 Å². The number of nitrogens with zero attached hydrogens (tertiary/aromatic N) is 1. The number of ether oxygens (including phenoxy) is 1. The molecular formula is C15H20FNO2Si. The summed E-state index contributed by atoms with van der Waals surface area (Å²) >= 11 is 0. The molecule has 0 aliphatic rings. The number of aromatic nitrogens is 1. The van der Waals surface area contributed by atoms with Gasteiger partial charge in [0.15, 0.2) is 0 Å². The standard InChI is InChI=1S/C15H20FNO2Si/c1-20(2,3)9-8-19-11-17-7-6-12-4-5-13(16)10-14(12)15(17)18/h4-7,10H,8-9,11H2,1-3H3. The van der Waals surface area contributed by atoms with Crippen molar-refractivity contribution in [3.8, 4) is 0 Å². The molecule has 0 fully saturated rings. The van der Waals surface area contributed by atoms with E-state index >= 15 is 0 Å². The Kier molecular flexibility index (Phi) is 4.40. The van der Waals surface area contributed by atoms with Crippen molar-refractivity contribution in [3.63, 3.8) is 0 Å². The SMILES string of the molecule is C[Si](C)(C)CCOCn1ccc2ccc(F)cc2c1=O. The summed E-state index contributed by atoms with van der Waals surface area (Å²) in [6, 6.07) is 7.11. The predicted molar refractivity (Wildman–Crippen MR) is 82.3 cm³/mol. The minimum atomic E-state index is -1.12. The van der Waals surface area contributed by atoms with E-state index in [9.17, 15) is 9.18 Å². The van der Waals surface area contributed by atoms with Crippen LogP contribution in [0, 0.1) is 5.82 Å².